The van der Waals surface area contributed by atoms with E-state index in [1.54, 1.807) is 24.3 Å². The zero-order valence-electron chi connectivity index (χ0n) is 11.4. The summed E-state index contributed by atoms with van der Waals surface area (Å²) in [5, 5.41) is 0.437. The van der Waals surface area contributed by atoms with E-state index in [4.69, 9.17) is 17.3 Å². The lowest BCUT2D eigenvalue weighted by Gasteiger charge is -2.24. The van der Waals surface area contributed by atoms with Crippen molar-refractivity contribution in [2.45, 2.75) is 17.4 Å². The molecule has 0 bridgehead atoms. The summed E-state index contributed by atoms with van der Waals surface area (Å²) < 4.78 is 26.9. The van der Waals surface area contributed by atoms with Crippen molar-refractivity contribution in [2.75, 3.05) is 4.31 Å². The highest BCUT2D eigenvalue weighted by molar-refractivity contribution is 7.93. The second-order valence-electron chi connectivity index (χ2n) is 5.01. The van der Waals surface area contributed by atoms with Gasteiger partial charge >= 0.3 is 0 Å². The standard InChI is InChI=1S/C15H13ClN2O3S/c16-11-5-7-12(8-6-11)22(20,21)18-13-4-2-1-3-10(13)9-14(18)15(17)19/h1-8,14H,9H2,(H2,17,19). The first-order valence-corrected chi connectivity index (χ1v) is 8.40. The summed E-state index contributed by atoms with van der Waals surface area (Å²) in [7, 11) is -3.89. The second-order valence-corrected chi connectivity index (χ2v) is 7.26. The van der Waals surface area contributed by atoms with Gasteiger partial charge in [0.1, 0.15) is 6.04 Å². The van der Waals surface area contributed by atoms with Crippen molar-refractivity contribution in [3.05, 3.63) is 59.1 Å². The number of nitrogens with two attached hydrogens (primary N) is 1. The average molecular weight is 337 g/mol. The van der Waals surface area contributed by atoms with Gasteiger partial charge in [0, 0.05) is 11.4 Å². The predicted molar refractivity (Wildman–Crippen MR) is 84.2 cm³/mol. The van der Waals surface area contributed by atoms with Gasteiger partial charge in [0.2, 0.25) is 5.91 Å². The number of carbonyl (C=O) groups is 1. The molecule has 2 aromatic carbocycles. The SMILES string of the molecule is NC(=O)C1Cc2ccccc2N1S(=O)(=O)c1ccc(Cl)cc1. The molecule has 0 aliphatic carbocycles. The van der Waals surface area contributed by atoms with Crippen molar-refractivity contribution in [3.63, 3.8) is 0 Å². The largest absolute Gasteiger partial charge is 0.368 e. The third-order valence-corrected chi connectivity index (χ3v) is 5.71. The lowest BCUT2D eigenvalue weighted by Crippen LogP contribution is -2.45. The van der Waals surface area contributed by atoms with Crippen LogP contribution in [0.2, 0.25) is 5.02 Å². The molecule has 1 aliphatic rings. The number of anilines is 1. The van der Waals surface area contributed by atoms with Crippen LogP contribution in [0.25, 0.3) is 0 Å². The van der Waals surface area contributed by atoms with Gasteiger partial charge in [0.25, 0.3) is 10.0 Å². The van der Waals surface area contributed by atoms with Crippen LogP contribution in [0.15, 0.2) is 53.4 Å². The number of carbonyl (C=O) groups excluding carboxylic acids is 1. The van der Waals surface area contributed by atoms with Crippen LogP contribution in [-0.4, -0.2) is 20.4 Å². The Kier molecular flexibility index (Phi) is 3.58. The Hall–Kier alpha value is -2.05. The predicted octanol–water partition coefficient (Wildman–Crippen LogP) is 1.95. The van der Waals surface area contributed by atoms with Crippen molar-refractivity contribution >= 4 is 33.2 Å². The molecule has 114 valence electrons. The molecule has 0 spiro atoms. The van der Waals surface area contributed by atoms with Gasteiger partial charge in [-0.25, -0.2) is 8.42 Å². The molecule has 2 aromatic rings. The van der Waals surface area contributed by atoms with E-state index >= 15 is 0 Å². The second kappa shape index (κ2) is 5.30. The van der Waals surface area contributed by atoms with E-state index in [0.717, 1.165) is 9.87 Å². The van der Waals surface area contributed by atoms with Gasteiger partial charge in [-0.2, -0.15) is 0 Å². The summed E-state index contributed by atoms with van der Waals surface area (Å²) in [6.45, 7) is 0. The molecule has 0 fully saturated rings. The van der Waals surface area contributed by atoms with Gasteiger partial charge in [-0.15, -0.1) is 0 Å². The molecule has 1 amide bonds. The fraction of sp³-hybridized carbons (Fsp3) is 0.133. The number of rotatable bonds is 3. The molecule has 5 nitrogen and oxygen atoms in total. The van der Waals surface area contributed by atoms with Crippen molar-refractivity contribution in [1.82, 2.24) is 0 Å². The topological polar surface area (TPSA) is 80.5 Å². The molecule has 1 atom stereocenters. The Morgan fingerprint density at radius 2 is 1.77 bits per heavy atom. The molecule has 1 unspecified atom stereocenters. The summed E-state index contributed by atoms with van der Waals surface area (Å²) in [4.78, 5) is 11.8. The minimum Gasteiger partial charge on any atom is -0.368 e. The lowest BCUT2D eigenvalue weighted by atomic mass is 10.1. The lowest BCUT2D eigenvalue weighted by molar-refractivity contribution is -0.118. The first-order chi connectivity index (χ1) is 10.4. The van der Waals surface area contributed by atoms with E-state index in [-0.39, 0.29) is 11.3 Å². The minimum absolute atomic E-state index is 0.0693. The highest BCUT2D eigenvalue weighted by atomic mass is 35.5. The number of primary amides is 1. The molecule has 0 saturated carbocycles. The fourth-order valence-electron chi connectivity index (χ4n) is 2.59. The monoisotopic (exact) mass is 336 g/mol. The number of sulfonamides is 1. The third kappa shape index (κ3) is 2.34. The number of halogens is 1. The number of hydrogen-bond donors (Lipinski definition) is 1. The first kappa shape index (κ1) is 14.9. The van der Waals surface area contributed by atoms with Crippen molar-refractivity contribution in [1.29, 1.82) is 0 Å². The molecule has 1 aliphatic heterocycles. The van der Waals surface area contributed by atoms with E-state index in [9.17, 15) is 13.2 Å². The van der Waals surface area contributed by atoms with E-state index in [1.165, 1.54) is 24.3 Å². The van der Waals surface area contributed by atoms with Crippen molar-refractivity contribution < 1.29 is 13.2 Å². The molecular formula is C15H13ClN2O3S. The maximum Gasteiger partial charge on any atom is 0.265 e. The number of para-hydroxylation sites is 1. The molecule has 7 heteroatoms. The van der Waals surface area contributed by atoms with E-state index in [2.05, 4.69) is 0 Å². The van der Waals surface area contributed by atoms with Gasteiger partial charge < -0.3 is 5.73 Å². The number of nitrogens with zero attached hydrogens (tertiary/aromatic N) is 1. The van der Waals surface area contributed by atoms with Crippen molar-refractivity contribution in [2.24, 2.45) is 5.73 Å². The highest BCUT2D eigenvalue weighted by Gasteiger charge is 2.41. The molecule has 2 N–H and O–H groups in total. The van der Waals surface area contributed by atoms with Crippen LogP contribution in [0, 0.1) is 0 Å². The molecule has 3 rings (SSSR count). The third-order valence-electron chi connectivity index (χ3n) is 3.62. The van der Waals surface area contributed by atoms with Crippen LogP contribution in [0.1, 0.15) is 5.56 Å². The maximum absolute atomic E-state index is 12.9. The van der Waals surface area contributed by atoms with Crippen molar-refractivity contribution in [3.8, 4) is 0 Å². The van der Waals surface area contributed by atoms with Gasteiger partial charge in [0.15, 0.2) is 0 Å². The normalized spacial score (nSPS) is 17.3. The molecule has 0 radical (unpaired) electrons. The van der Waals surface area contributed by atoms with Gasteiger partial charge in [-0.1, -0.05) is 29.8 Å². The Bertz CT molecular complexity index is 834. The number of hydrogen-bond acceptors (Lipinski definition) is 3. The summed E-state index contributed by atoms with van der Waals surface area (Å²) in [5.74, 6) is -0.672. The average Bonchev–Trinajstić information content (AvgIpc) is 2.88. The Labute approximate surface area is 133 Å². The van der Waals surface area contributed by atoms with Crippen LogP contribution in [0.5, 0.6) is 0 Å². The smallest absolute Gasteiger partial charge is 0.265 e. The van der Waals surface area contributed by atoms with Crippen LogP contribution in [0.4, 0.5) is 5.69 Å². The molecule has 0 aromatic heterocycles. The zero-order chi connectivity index (χ0) is 15.9. The summed E-state index contributed by atoms with van der Waals surface area (Å²) in [6, 6.07) is 11.9. The van der Waals surface area contributed by atoms with Gasteiger partial charge in [-0.05, 0) is 35.9 Å². The van der Waals surface area contributed by atoms with Gasteiger partial charge in [0.05, 0.1) is 10.6 Å². The minimum atomic E-state index is -3.89. The zero-order valence-corrected chi connectivity index (χ0v) is 13.0. The number of benzene rings is 2. The maximum atomic E-state index is 12.9. The van der Waals surface area contributed by atoms with E-state index in [0.29, 0.717) is 10.7 Å². The molecule has 1 heterocycles. The molecule has 22 heavy (non-hydrogen) atoms. The van der Waals surface area contributed by atoms with Crippen LogP contribution in [0.3, 0.4) is 0 Å². The van der Waals surface area contributed by atoms with Crippen LogP contribution < -0.4 is 10.0 Å². The number of fused-ring (bicyclic) bond motifs is 1. The number of amides is 1. The van der Waals surface area contributed by atoms with E-state index in [1.807, 2.05) is 0 Å². The summed E-state index contributed by atoms with van der Waals surface area (Å²) in [5.41, 5.74) is 6.67. The molecule has 0 saturated heterocycles. The Morgan fingerprint density at radius 1 is 1.14 bits per heavy atom. The first-order valence-electron chi connectivity index (χ1n) is 6.58. The highest BCUT2D eigenvalue weighted by Crippen LogP contribution is 2.36. The molecular weight excluding hydrogens is 324 g/mol. The van der Waals surface area contributed by atoms with Crippen LogP contribution in [-0.2, 0) is 21.2 Å². The van der Waals surface area contributed by atoms with Crippen LogP contribution >= 0.6 is 11.6 Å². The summed E-state index contributed by atoms with van der Waals surface area (Å²) in [6.07, 6.45) is 0.276. The fourth-order valence-corrected chi connectivity index (χ4v) is 4.37. The Morgan fingerprint density at radius 3 is 2.41 bits per heavy atom. The quantitative estimate of drug-likeness (QED) is 0.930. The Balaban J connectivity index is 2.14. The summed E-state index contributed by atoms with van der Waals surface area (Å²) >= 11 is 5.80. The van der Waals surface area contributed by atoms with E-state index < -0.39 is 22.0 Å². The van der Waals surface area contributed by atoms with Gasteiger partial charge in [-0.3, -0.25) is 9.10 Å².